The van der Waals surface area contributed by atoms with Gasteiger partial charge in [-0.3, -0.25) is 4.90 Å². The highest BCUT2D eigenvalue weighted by Gasteiger charge is 2.08. The standard InChI is InChI=1S/C15H20N2O2S/c1-3-17(8-9-18)10-13-11-20-15(16-13)12-4-6-14(19-2)7-5-12/h4-7,11,18H,3,8-10H2,1-2H3. The summed E-state index contributed by atoms with van der Waals surface area (Å²) in [6.07, 6.45) is 0. The van der Waals surface area contributed by atoms with Crippen LogP contribution in [0.25, 0.3) is 10.6 Å². The Labute approximate surface area is 123 Å². The zero-order chi connectivity index (χ0) is 14.4. The molecule has 5 heteroatoms. The molecule has 108 valence electrons. The van der Waals surface area contributed by atoms with Crippen molar-refractivity contribution in [1.82, 2.24) is 9.88 Å². The molecule has 0 aliphatic rings. The molecule has 0 saturated carbocycles. The highest BCUT2D eigenvalue weighted by Crippen LogP contribution is 2.26. The molecule has 0 bridgehead atoms. The highest BCUT2D eigenvalue weighted by atomic mass is 32.1. The lowest BCUT2D eigenvalue weighted by Gasteiger charge is -2.17. The van der Waals surface area contributed by atoms with Gasteiger partial charge in [0.2, 0.25) is 0 Å². The third kappa shape index (κ3) is 3.79. The van der Waals surface area contributed by atoms with E-state index in [1.54, 1.807) is 18.4 Å². The van der Waals surface area contributed by atoms with Crippen molar-refractivity contribution in [3.63, 3.8) is 0 Å². The van der Waals surface area contributed by atoms with Crippen molar-refractivity contribution in [2.45, 2.75) is 13.5 Å². The molecule has 20 heavy (non-hydrogen) atoms. The molecule has 0 fully saturated rings. The molecule has 0 spiro atoms. The van der Waals surface area contributed by atoms with Gasteiger partial charge in [-0.15, -0.1) is 11.3 Å². The van der Waals surface area contributed by atoms with Crippen LogP contribution in [0.4, 0.5) is 0 Å². The number of rotatable bonds is 7. The normalized spacial score (nSPS) is 11.0. The van der Waals surface area contributed by atoms with Gasteiger partial charge in [0.1, 0.15) is 10.8 Å². The number of benzene rings is 1. The third-order valence-electron chi connectivity index (χ3n) is 3.14. The predicted octanol–water partition coefficient (Wildman–Crippen LogP) is 2.63. The minimum atomic E-state index is 0.184. The van der Waals surface area contributed by atoms with Crippen LogP contribution in [-0.2, 0) is 6.54 Å². The van der Waals surface area contributed by atoms with E-state index in [1.165, 1.54) is 0 Å². The number of likely N-dealkylation sites (N-methyl/N-ethyl adjacent to an activating group) is 1. The van der Waals surface area contributed by atoms with E-state index in [9.17, 15) is 0 Å². The maximum atomic E-state index is 9.01. The Morgan fingerprint density at radius 3 is 2.65 bits per heavy atom. The van der Waals surface area contributed by atoms with Gasteiger partial charge in [0.25, 0.3) is 0 Å². The summed E-state index contributed by atoms with van der Waals surface area (Å²) in [4.78, 5) is 6.83. The molecule has 1 N–H and O–H groups in total. The Bertz CT molecular complexity index is 525. The number of methoxy groups -OCH3 is 1. The smallest absolute Gasteiger partial charge is 0.123 e. The van der Waals surface area contributed by atoms with Crippen LogP contribution < -0.4 is 4.74 Å². The van der Waals surface area contributed by atoms with Crippen molar-refractivity contribution in [3.05, 3.63) is 35.3 Å². The fourth-order valence-electron chi connectivity index (χ4n) is 1.97. The Balaban J connectivity index is 2.07. The molecule has 2 rings (SSSR count). The van der Waals surface area contributed by atoms with Gasteiger partial charge in [0.05, 0.1) is 19.4 Å². The lowest BCUT2D eigenvalue weighted by Crippen LogP contribution is -2.26. The molecule has 0 aliphatic heterocycles. The number of aliphatic hydroxyl groups excluding tert-OH is 1. The quantitative estimate of drug-likeness (QED) is 0.852. The molecule has 2 aromatic rings. The Morgan fingerprint density at radius 2 is 2.05 bits per heavy atom. The molecule has 1 aromatic carbocycles. The second kappa shape index (κ2) is 7.38. The molecule has 0 radical (unpaired) electrons. The molecular formula is C15H20N2O2S. The molecular weight excluding hydrogens is 272 g/mol. The third-order valence-corrected chi connectivity index (χ3v) is 4.08. The van der Waals surface area contributed by atoms with Crippen molar-refractivity contribution in [2.75, 3.05) is 26.8 Å². The summed E-state index contributed by atoms with van der Waals surface area (Å²) in [6.45, 7) is 4.65. The molecule has 4 nitrogen and oxygen atoms in total. The van der Waals surface area contributed by atoms with E-state index in [4.69, 9.17) is 9.84 Å². The van der Waals surface area contributed by atoms with Crippen molar-refractivity contribution >= 4 is 11.3 Å². The lowest BCUT2D eigenvalue weighted by molar-refractivity contribution is 0.195. The first-order valence-corrected chi connectivity index (χ1v) is 7.56. The van der Waals surface area contributed by atoms with Crippen molar-refractivity contribution in [1.29, 1.82) is 0 Å². The molecule has 0 amide bonds. The van der Waals surface area contributed by atoms with E-state index in [1.807, 2.05) is 24.3 Å². The molecule has 0 saturated heterocycles. The van der Waals surface area contributed by atoms with Crippen LogP contribution in [0.2, 0.25) is 0 Å². The van der Waals surface area contributed by atoms with Crippen LogP contribution in [0.15, 0.2) is 29.6 Å². The van der Waals surface area contributed by atoms with E-state index in [2.05, 4.69) is 22.2 Å². The summed E-state index contributed by atoms with van der Waals surface area (Å²) < 4.78 is 5.16. The van der Waals surface area contributed by atoms with Gasteiger partial charge in [-0.25, -0.2) is 4.98 Å². The summed E-state index contributed by atoms with van der Waals surface area (Å²) in [5.74, 6) is 0.852. The van der Waals surface area contributed by atoms with Gasteiger partial charge in [-0.2, -0.15) is 0 Å². The van der Waals surface area contributed by atoms with Gasteiger partial charge in [-0.05, 0) is 30.8 Å². The first-order valence-electron chi connectivity index (χ1n) is 6.69. The summed E-state index contributed by atoms with van der Waals surface area (Å²) in [5, 5.41) is 12.1. The second-order valence-electron chi connectivity index (χ2n) is 4.46. The molecule has 0 unspecified atom stereocenters. The fraction of sp³-hybridized carbons (Fsp3) is 0.400. The summed E-state index contributed by atoms with van der Waals surface area (Å²) in [7, 11) is 1.66. The number of aromatic nitrogens is 1. The number of nitrogens with zero attached hydrogens (tertiary/aromatic N) is 2. The number of hydrogen-bond donors (Lipinski definition) is 1. The lowest BCUT2D eigenvalue weighted by atomic mass is 10.2. The number of aliphatic hydroxyl groups is 1. The molecule has 0 atom stereocenters. The molecule has 1 aromatic heterocycles. The van der Waals surface area contributed by atoms with E-state index >= 15 is 0 Å². The predicted molar refractivity (Wildman–Crippen MR) is 82.1 cm³/mol. The molecule has 1 heterocycles. The highest BCUT2D eigenvalue weighted by molar-refractivity contribution is 7.13. The van der Waals surface area contributed by atoms with Crippen LogP contribution in [0.1, 0.15) is 12.6 Å². The monoisotopic (exact) mass is 292 g/mol. The van der Waals surface area contributed by atoms with E-state index < -0.39 is 0 Å². The van der Waals surface area contributed by atoms with Crippen LogP contribution in [0.3, 0.4) is 0 Å². The first-order chi connectivity index (χ1) is 9.76. The topological polar surface area (TPSA) is 45.6 Å². The van der Waals surface area contributed by atoms with Crippen molar-refractivity contribution in [3.8, 4) is 16.3 Å². The zero-order valence-corrected chi connectivity index (χ0v) is 12.7. The van der Waals surface area contributed by atoms with Gasteiger partial charge in [0.15, 0.2) is 0 Å². The SMILES string of the molecule is CCN(CCO)Cc1csc(-c2ccc(OC)cc2)n1. The Hall–Kier alpha value is -1.43. The largest absolute Gasteiger partial charge is 0.497 e. The van der Waals surface area contributed by atoms with E-state index in [0.717, 1.165) is 35.1 Å². The van der Waals surface area contributed by atoms with Gasteiger partial charge >= 0.3 is 0 Å². The van der Waals surface area contributed by atoms with Crippen LogP contribution in [0.5, 0.6) is 5.75 Å². The summed E-state index contributed by atoms with van der Waals surface area (Å²) in [6, 6.07) is 7.93. The summed E-state index contributed by atoms with van der Waals surface area (Å²) in [5.41, 5.74) is 2.16. The fourth-order valence-corrected chi connectivity index (χ4v) is 2.78. The summed E-state index contributed by atoms with van der Waals surface area (Å²) >= 11 is 1.65. The van der Waals surface area contributed by atoms with Crippen molar-refractivity contribution in [2.24, 2.45) is 0 Å². The Morgan fingerprint density at radius 1 is 1.30 bits per heavy atom. The van der Waals surface area contributed by atoms with E-state index in [-0.39, 0.29) is 6.61 Å². The second-order valence-corrected chi connectivity index (χ2v) is 5.32. The minimum Gasteiger partial charge on any atom is -0.497 e. The maximum absolute atomic E-state index is 9.01. The van der Waals surface area contributed by atoms with Gasteiger partial charge in [-0.1, -0.05) is 6.92 Å². The Kier molecular flexibility index (Phi) is 5.52. The zero-order valence-electron chi connectivity index (χ0n) is 11.9. The van der Waals surface area contributed by atoms with Crippen LogP contribution >= 0.6 is 11.3 Å². The van der Waals surface area contributed by atoms with Gasteiger partial charge in [0, 0.05) is 24.0 Å². The average molecular weight is 292 g/mol. The number of thiazole rings is 1. The van der Waals surface area contributed by atoms with Crippen LogP contribution in [0, 0.1) is 0 Å². The first kappa shape index (κ1) is 15.0. The number of ether oxygens (including phenoxy) is 1. The maximum Gasteiger partial charge on any atom is 0.123 e. The van der Waals surface area contributed by atoms with Gasteiger partial charge < -0.3 is 9.84 Å². The minimum absolute atomic E-state index is 0.184. The average Bonchev–Trinajstić information content (AvgIpc) is 2.95. The van der Waals surface area contributed by atoms with Crippen molar-refractivity contribution < 1.29 is 9.84 Å². The van der Waals surface area contributed by atoms with Crippen LogP contribution in [-0.4, -0.2) is 41.8 Å². The van der Waals surface area contributed by atoms with E-state index in [0.29, 0.717) is 6.54 Å². The molecule has 0 aliphatic carbocycles. The number of hydrogen-bond acceptors (Lipinski definition) is 5.